The van der Waals surface area contributed by atoms with Gasteiger partial charge in [0.25, 0.3) is 5.91 Å². The molecule has 3 rings (SSSR count). The van der Waals surface area contributed by atoms with Gasteiger partial charge in [-0.3, -0.25) is 15.1 Å². The van der Waals surface area contributed by atoms with E-state index >= 15 is 0 Å². The van der Waals surface area contributed by atoms with Crippen LogP contribution in [0.3, 0.4) is 0 Å². The lowest BCUT2D eigenvalue weighted by molar-refractivity contribution is 0.102. The van der Waals surface area contributed by atoms with Crippen LogP contribution in [0, 0.1) is 0 Å². The van der Waals surface area contributed by atoms with E-state index in [0.717, 1.165) is 6.26 Å². The topological polar surface area (TPSA) is 127 Å². The van der Waals surface area contributed by atoms with Gasteiger partial charge in [-0.15, -0.1) is 0 Å². The molecule has 29 heavy (non-hydrogen) atoms. The van der Waals surface area contributed by atoms with Crippen LogP contribution in [0.4, 0.5) is 11.9 Å². The lowest BCUT2D eigenvalue weighted by Crippen LogP contribution is -2.17. The minimum absolute atomic E-state index is 0.00339. The molecule has 150 valence electrons. The number of hydrogen-bond acceptors (Lipinski definition) is 8. The number of pyridine rings is 1. The number of benzene rings is 1. The van der Waals surface area contributed by atoms with Crippen molar-refractivity contribution in [2.75, 3.05) is 23.4 Å². The van der Waals surface area contributed by atoms with Gasteiger partial charge in [-0.1, -0.05) is 17.7 Å². The zero-order valence-electron chi connectivity index (χ0n) is 15.5. The minimum Gasteiger partial charge on any atom is -0.354 e. The SMILES string of the molecule is CCNc1nc(NC(=O)c2ccc(S(C)(=O)=O)cc2Cl)nc(-c2ccccn2)n1. The van der Waals surface area contributed by atoms with Crippen LogP contribution in [0.2, 0.25) is 5.02 Å². The van der Waals surface area contributed by atoms with Crippen LogP contribution >= 0.6 is 11.6 Å². The van der Waals surface area contributed by atoms with Gasteiger partial charge < -0.3 is 5.32 Å². The van der Waals surface area contributed by atoms with Crippen LogP contribution in [-0.4, -0.2) is 47.1 Å². The smallest absolute Gasteiger partial charge is 0.259 e. The van der Waals surface area contributed by atoms with Gasteiger partial charge in [-0.2, -0.15) is 15.0 Å². The van der Waals surface area contributed by atoms with Gasteiger partial charge in [0.05, 0.1) is 15.5 Å². The Morgan fingerprint density at radius 2 is 1.86 bits per heavy atom. The van der Waals surface area contributed by atoms with E-state index in [2.05, 4.69) is 30.6 Å². The largest absolute Gasteiger partial charge is 0.354 e. The van der Waals surface area contributed by atoms with E-state index in [1.807, 2.05) is 6.92 Å². The second-order valence-electron chi connectivity index (χ2n) is 5.92. The van der Waals surface area contributed by atoms with Crippen molar-refractivity contribution in [1.82, 2.24) is 19.9 Å². The molecule has 3 aromatic rings. The van der Waals surface area contributed by atoms with E-state index in [9.17, 15) is 13.2 Å². The number of sulfone groups is 1. The van der Waals surface area contributed by atoms with E-state index < -0.39 is 15.7 Å². The van der Waals surface area contributed by atoms with Crippen LogP contribution in [0.15, 0.2) is 47.5 Å². The van der Waals surface area contributed by atoms with Gasteiger partial charge in [0.2, 0.25) is 11.9 Å². The van der Waals surface area contributed by atoms with Crippen molar-refractivity contribution in [1.29, 1.82) is 0 Å². The predicted octanol–water partition coefficient (Wildman–Crippen LogP) is 2.67. The molecule has 0 radical (unpaired) electrons. The molecule has 0 aliphatic rings. The first kappa shape index (κ1) is 20.6. The number of anilines is 2. The highest BCUT2D eigenvalue weighted by atomic mass is 35.5. The summed E-state index contributed by atoms with van der Waals surface area (Å²) in [5, 5.41) is 5.53. The summed E-state index contributed by atoms with van der Waals surface area (Å²) in [5.41, 5.74) is 0.601. The van der Waals surface area contributed by atoms with Crippen molar-refractivity contribution in [3.05, 3.63) is 53.2 Å². The summed E-state index contributed by atoms with van der Waals surface area (Å²) < 4.78 is 23.3. The molecule has 0 saturated heterocycles. The normalized spacial score (nSPS) is 11.1. The van der Waals surface area contributed by atoms with E-state index in [1.165, 1.54) is 18.2 Å². The number of rotatable bonds is 6. The van der Waals surface area contributed by atoms with E-state index in [0.29, 0.717) is 12.2 Å². The Bertz CT molecular complexity index is 1160. The average Bonchev–Trinajstić information content (AvgIpc) is 2.68. The molecule has 2 N–H and O–H groups in total. The van der Waals surface area contributed by atoms with Gasteiger partial charge in [0.1, 0.15) is 5.69 Å². The number of amides is 1. The average molecular weight is 433 g/mol. The molecule has 0 unspecified atom stereocenters. The third kappa shape index (κ3) is 5.04. The summed E-state index contributed by atoms with van der Waals surface area (Å²) in [5.74, 6) is -0.0251. The van der Waals surface area contributed by atoms with Crippen molar-refractivity contribution in [2.24, 2.45) is 0 Å². The number of nitrogens with one attached hydrogen (secondary N) is 2. The van der Waals surface area contributed by atoms with Crippen LogP contribution in [0.25, 0.3) is 11.5 Å². The maximum Gasteiger partial charge on any atom is 0.259 e. The van der Waals surface area contributed by atoms with Crippen molar-refractivity contribution in [3.8, 4) is 11.5 Å². The zero-order valence-corrected chi connectivity index (χ0v) is 17.1. The van der Waals surface area contributed by atoms with Crippen molar-refractivity contribution in [3.63, 3.8) is 0 Å². The third-order valence-corrected chi connectivity index (χ3v) is 5.13. The van der Waals surface area contributed by atoms with Gasteiger partial charge in [0.15, 0.2) is 15.7 Å². The summed E-state index contributed by atoms with van der Waals surface area (Å²) in [4.78, 5) is 29.6. The number of aromatic nitrogens is 4. The second kappa shape index (κ2) is 8.50. The highest BCUT2D eigenvalue weighted by Crippen LogP contribution is 2.22. The molecular formula is C18H17ClN6O3S. The molecule has 0 aliphatic heterocycles. The molecule has 2 heterocycles. The molecule has 0 atom stereocenters. The summed E-state index contributed by atoms with van der Waals surface area (Å²) in [6.07, 6.45) is 2.66. The molecule has 1 amide bonds. The molecule has 0 bridgehead atoms. The van der Waals surface area contributed by atoms with E-state index in [4.69, 9.17) is 11.6 Å². The van der Waals surface area contributed by atoms with E-state index in [1.54, 1.807) is 24.4 Å². The molecular weight excluding hydrogens is 416 g/mol. The number of nitrogens with zero attached hydrogens (tertiary/aromatic N) is 4. The van der Waals surface area contributed by atoms with Crippen LogP contribution in [0.5, 0.6) is 0 Å². The summed E-state index contributed by atoms with van der Waals surface area (Å²) in [6.45, 7) is 2.45. The predicted molar refractivity (Wildman–Crippen MR) is 110 cm³/mol. The fourth-order valence-corrected chi connectivity index (χ4v) is 3.34. The van der Waals surface area contributed by atoms with Gasteiger partial charge in [0, 0.05) is 19.0 Å². The second-order valence-corrected chi connectivity index (χ2v) is 8.34. The van der Waals surface area contributed by atoms with Crippen molar-refractivity contribution in [2.45, 2.75) is 11.8 Å². The Balaban J connectivity index is 1.93. The van der Waals surface area contributed by atoms with Gasteiger partial charge in [-0.05, 0) is 37.3 Å². The summed E-state index contributed by atoms with van der Waals surface area (Å²) >= 11 is 6.10. The first-order valence-corrected chi connectivity index (χ1v) is 10.8. The molecule has 1 aromatic carbocycles. The maximum absolute atomic E-state index is 12.6. The standard InChI is InChI=1S/C18H17ClN6O3S/c1-3-20-17-22-15(14-6-4-5-9-21-14)23-18(25-17)24-16(26)12-8-7-11(10-13(12)19)29(2,27)28/h4-10H,3H2,1-2H3,(H2,20,22,23,24,25,26). The molecule has 0 spiro atoms. The van der Waals surface area contributed by atoms with Gasteiger partial charge >= 0.3 is 0 Å². The number of carbonyl (C=O) groups is 1. The third-order valence-electron chi connectivity index (χ3n) is 3.70. The summed E-state index contributed by atoms with van der Waals surface area (Å²) in [6, 6.07) is 9.16. The summed E-state index contributed by atoms with van der Waals surface area (Å²) in [7, 11) is -3.44. The molecule has 11 heteroatoms. The Kier molecular flexibility index (Phi) is 6.04. The Morgan fingerprint density at radius 1 is 1.10 bits per heavy atom. The molecule has 0 saturated carbocycles. The lowest BCUT2D eigenvalue weighted by Gasteiger charge is -2.10. The quantitative estimate of drug-likeness (QED) is 0.608. The highest BCUT2D eigenvalue weighted by Gasteiger charge is 2.17. The van der Waals surface area contributed by atoms with Crippen LogP contribution < -0.4 is 10.6 Å². The van der Waals surface area contributed by atoms with Crippen LogP contribution in [0.1, 0.15) is 17.3 Å². The maximum atomic E-state index is 12.6. The highest BCUT2D eigenvalue weighted by molar-refractivity contribution is 7.90. The number of halogens is 1. The zero-order chi connectivity index (χ0) is 21.0. The van der Waals surface area contributed by atoms with Gasteiger partial charge in [-0.25, -0.2) is 8.42 Å². The molecule has 9 nitrogen and oxygen atoms in total. The number of hydrogen-bond donors (Lipinski definition) is 2. The Hall–Kier alpha value is -3.11. The lowest BCUT2D eigenvalue weighted by atomic mass is 10.2. The van der Waals surface area contributed by atoms with Crippen molar-refractivity contribution >= 4 is 39.2 Å². The Labute approximate surface area is 172 Å². The molecule has 0 fully saturated rings. The molecule has 2 aromatic heterocycles. The fourth-order valence-electron chi connectivity index (χ4n) is 2.36. The molecule has 0 aliphatic carbocycles. The minimum atomic E-state index is -3.44. The Morgan fingerprint density at radius 3 is 2.48 bits per heavy atom. The van der Waals surface area contributed by atoms with E-state index in [-0.39, 0.29) is 33.2 Å². The fraction of sp³-hybridized carbons (Fsp3) is 0.167. The monoisotopic (exact) mass is 432 g/mol. The first-order chi connectivity index (χ1) is 13.8. The van der Waals surface area contributed by atoms with Crippen molar-refractivity contribution < 1.29 is 13.2 Å². The first-order valence-electron chi connectivity index (χ1n) is 8.50. The van der Waals surface area contributed by atoms with Crippen LogP contribution in [-0.2, 0) is 9.84 Å². The number of carbonyl (C=O) groups excluding carboxylic acids is 1.